The summed E-state index contributed by atoms with van der Waals surface area (Å²) in [4.78, 5) is 7.11. The highest BCUT2D eigenvalue weighted by Crippen LogP contribution is 2.47. The van der Waals surface area contributed by atoms with Crippen molar-refractivity contribution in [2.24, 2.45) is 5.41 Å². The first-order valence-corrected chi connectivity index (χ1v) is 13.7. The molecule has 0 bridgehead atoms. The minimum Gasteiger partial charge on any atom is -0.342 e. The maximum Gasteiger partial charge on any atom is 0.212 e. The van der Waals surface area contributed by atoms with Crippen molar-refractivity contribution in [3.05, 3.63) is 40.8 Å². The molecule has 0 radical (unpaired) electrons. The third-order valence-electron chi connectivity index (χ3n) is 7.31. The van der Waals surface area contributed by atoms with Gasteiger partial charge in [-0.2, -0.15) is 0 Å². The Hall–Kier alpha value is -1.74. The van der Waals surface area contributed by atoms with Crippen LogP contribution >= 0.6 is 23.2 Å². The van der Waals surface area contributed by atoms with Crippen LogP contribution in [0.1, 0.15) is 52.9 Å². The van der Waals surface area contributed by atoms with Crippen molar-refractivity contribution in [1.29, 1.82) is 0 Å². The van der Waals surface area contributed by atoms with E-state index in [1.807, 2.05) is 43.5 Å². The van der Waals surface area contributed by atoms with Gasteiger partial charge in [0.15, 0.2) is 5.65 Å². The lowest BCUT2D eigenvalue weighted by Gasteiger charge is -2.44. The van der Waals surface area contributed by atoms with Crippen LogP contribution in [0.2, 0.25) is 10.0 Å². The highest BCUT2D eigenvalue weighted by molar-refractivity contribution is 7.84. The average Bonchev–Trinajstić information content (AvgIpc) is 3.43. The van der Waals surface area contributed by atoms with Crippen molar-refractivity contribution in [1.82, 2.24) is 24.3 Å². The molecular formula is C24H30Cl2N6OS. The Bertz CT molecular complexity index is 1230. The molecule has 1 aliphatic carbocycles. The predicted octanol–water partition coefficient (Wildman–Crippen LogP) is 5.29. The summed E-state index contributed by atoms with van der Waals surface area (Å²) in [5.74, 6) is 0.831. The van der Waals surface area contributed by atoms with E-state index < -0.39 is 11.0 Å². The SMILES string of the molecule is CC(C)(C)[S@](=O)N[C@@H]1CCCC12CCN(c1ncc(-c3cccc(Cl)c3Cl)c3nncn13)CC2. The fourth-order valence-corrected chi connectivity index (χ4v) is 6.70. The predicted molar refractivity (Wildman–Crippen MR) is 139 cm³/mol. The molecule has 2 aliphatic rings. The first-order valence-electron chi connectivity index (χ1n) is 11.8. The molecule has 1 aromatic carbocycles. The van der Waals surface area contributed by atoms with E-state index in [1.165, 1.54) is 12.8 Å². The third-order valence-corrected chi connectivity index (χ3v) is 9.74. The van der Waals surface area contributed by atoms with Crippen molar-refractivity contribution in [3.63, 3.8) is 0 Å². The minimum atomic E-state index is -1.05. The van der Waals surface area contributed by atoms with Gasteiger partial charge in [0.05, 0.1) is 25.8 Å². The molecule has 10 heteroatoms. The van der Waals surface area contributed by atoms with Gasteiger partial charge >= 0.3 is 0 Å². The van der Waals surface area contributed by atoms with E-state index in [-0.39, 0.29) is 10.2 Å². The molecule has 2 fully saturated rings. The Morgan fingerprint density at radius 2 is 1.91 bits per heavy atom. The van der Waals surface area contributed by atoms with Crippen LogP contribution in [0.5, 0.6) is 0 Å². The second-order valence-corrected chi connectivity index (χ2v) is 13.2. The number of halogens is 2. The highest BCUT2D eigenvalue weighted by Gasteiger charge is 2.46. The number of hydrogen-bond acceptors (Lipinski definition) is 5. The smallest absolute Gasteiger partial charge is 0.212 e. The Morgan fingerprint density at radius 3 is 2.65 bits per heavy atom. The molecule has 3 aromatic rings. The summed E-state index contributed by atoms with van der Waals surface area (Å²) in [6.45, 7) is 7.85. The summed E-state index contributed by atoms with van der Waals surface area (Å²) < 4.78 is 17.9. The Balaban J connectivity index is 1.38. The fourth-order valence-electron chi connectivity index (χ4n) is 5.32. The van der Waals surface area contributed by atoms with E-state index in [0.29, 0.717) is 21.7 Å². The van der Waals surface area contributed by atoms with E-state index in [0.717, 1.165) is 49.4 Å². The molecule has 1 N–H and O–H groups in total. The topological polar surface area (TPSA) is 75.4 Å². The second kappa shape index (κ2) is 9.04. The molecular weight excluding hydrogens is 491 g/mol. The van der Waals surface area contributed by atoms with Crippen LogP contribution in [0.25, 0.3) is 16.8 Å². The number of nitrogens with zero attached hydrogens (tertiary/aromatic N) is 5. The number of hydrogen-bond donors (Lipinski definition) is 1. The summed E-state index contributed by atoms with van der Waals surface area (Å²) in [6, 6.07) is 5.85. The van der Waals surface area contributed by atoms with Gasteiger partial charge in [-0.3, -0.25) is 4.40 Å². The van der Waals surface area contributed by atoms with Crippen LogP contribution < -0.4 is 9.62 Å². The summed E-state index contributed by atoms with van der Waals surface area (Å²) in [6.07, 6.45) is 9.05. The van der Waals surface area contributed by atoms with Crippen LogP contribution in [0.15, 0.2) is 30.7 Å². The van der Waals surface area contributed by atoms with Crippen LogP contribution in [-0.4, -0.2) is 47.7 Å². The van der Waals surface area contributed by atoms with E-state index in [1.54, 1.807) is 12.4 Å². The Kier molecular flexibility index (Phi) is 6.38. The second-order valence-electron chi connectivity index (χ2n) is 10.4. The molecule has 1 saturated carbocycles. The van der Waals surface area contributed by atoms with Gasteiger partial charge in [0.2, 0.25) is 5.95 Å². The standard InChI is InChI=1S/C24H30Cl2N6OS/c1-23(2,3)34(33)30-19-8-5-9-24(19)10-12-31(13-11-24)22-27-14-17(21-29-28-15-32(21)22)16-6-4-7-18(25)20(16)26/h4,6-7,14-15,19,30H,5,8-13H2,1-3H3/t19-,34+/m1/s1. The quantitative estimate of drug-likeness (QED) is 0.505. The summed E-state index contributed by atoms with van der Waals surface area (Å²) >= 11 is 12.7. The molecule has 1 saturated heterocycles. The van der Waals surface area contributed by atoms with Gasteiger partial charge < -0.3 is 4.90 Å². The molecule has 5 rings (SSSR count). The molecule has 1 spiro atoms. The molecule has 3 heterocycles. The van der Waals surface area contributed by atoms with E-state index in [4.69, 9.17) is 28.2 Å². The highest BCUT2D eigenvalue weighted by atomic mass is 35.5. The summed E-state index contributed by atoms with van der Waals surface area (Å²) in [5, 5.41) is 9.50. The lowest BCUT2D eigenvalue weighted by atomic mass is 9.74. The normalized spacial score (nSPS) is 21.4. The zero-order valence-electron chi connectivity index (χ0n) is 19.7. The zero-order chi connectivity index (χ0) is 24.1. The molecule has 34 heavy (non-hydrogen) atoms. The van der Waals surface area contributed by atoms with Crippen molar-refractivity contribution in [2.75, 3.05) is 18.0 Å². The van der Waals surface area contributed by atoms with E-state index >= 15 is 0 Å². The summed E-state index contributed by atoms with van der Waals surface area (Å²) in [5.41, 5.74) is 2.48. The number of rotatable bonds is 4. The summed E-state index contributed by atoms with van der Waals surface area (Å²) in [7, 11) is -1.05. The maximum absolute atomic E-state index is 12.8. The molecule has 2 aromatic heterocycles. The monoisotopic (exact) mass is 520 g/mol. The molecule has 0 amide bonds. The van der Waals surface area contributed by atoms with Gasteiger partial charge in [0.1, 0.15) is 6.33 Å². The van der Waals surface area contributed by atoms with Gasteiger partial charge in [0.25, 0.3) is 0 Å². The fraction of sp³-hybridized carbons (Fsp3) is 0.542. The lowest BCUT2D eigenvalue weighted by molar-refractivity contribution is 0.187. The van der Waals surface area contributed by atoms with Gasteiger partial charge in [-0.1, -0.05) is 41.8 Å². The molecule has 182 valence electrons. The number of fused-ring (bicyclic) bond motifs is 1. The van der Waals surface area contributed by atoms with Gasteiger partial charge in [-0.05, 0) is 57.9 Å². The molecule has 7 nitrogen and oxygen atoms in total. The maximum atomic E-state index is 12.8. The van der Waals surface area contributed by atoms with E-state index in [9.17, 15) is 4.21 Å². The van der Waals surface area contributed by atoms with Gasteiger partial charge in [0, 0.05) is 36.5 Å². The van der Waals surface area contributed by atoms with Crippen LogP contribution in [0, 0.1) is 5.41 Å². The van der Waals surface area contributed by atoms with Crippen molar-refractivity contribution in [2.45, 2.75) is 63.7 Å². The number of benzene rings is 1. The van der Waals surface area contributed by atoms with Crippen molar-refractivity contribution < 1.29 is 4.21 Å². The molecule has 0 unspecified atom stereocenters. The van der Waals surface area contributed by atoms with Crippen LogP contribution in [0.4, 0.5) is 5.95 Å². The number of aromatic nitrogens is 4. The molecule has 1 aliphatic heterocycles. The zero-order valence-corrected chi connectivity index (χ0v) is 22.1. The van der Waals surface area contributed by atoms with E-state index in [2.05, 4.69) is 19.8 Å². The number of anilines is 1. The van der Waals surface area contributed by atoms with Crippen molar-refractivity contribution >= 4 is 45.8 Å². The number of piperidine rings is 1. The minimum absolute atomic E-state index is 0.192. The average molecular weight is 522 g/mol. The first kappa shape index (κ1) is 24.0. The lowest BCUT2D eigenvalue weighted by Crippen LogP contribution is -2.51. The molecule has 2 atom stereocenters. The number of nitrogens with one attached hydrogen (secondary N) is 1. The van der Waals surface area contributed by atoms with Crippen LogP contribution in [-0.2, 0) is 11.0 Å². The Labute approximate surface area is 212 Å². The Morgan fingerprint density at radius 1 is 1.15 bits per heavy atom. The first-order chi connectivity index (χ1) is 16.2. The largest absolute Gasteiger partial charge is 0.342 e. The van der Waals surface area contributed by atoms with Gasteiger partial charge in [-0.25, -0.2) is 13.9 Å². The van der Waals surface area contributed by atoms with Crippen molar-refractivity contribution in [3.8, 4) is 11.1 Å². The van der Waals surface area contributed by atoms with Crippen LogP contribution in [0.3, 0.4) is 0 Å². The third kappa shape index (κ3) is 4.23. The van der Waals surface area contributed by atoms with Gasteiger partial charge in [-0.15, -0.1) is 10.2 Å².